The van der Waals surface area contributed by atoms with Crippen molar-refractivity contribution in [2.75, 3.05) is 25.6 Å². The minimum atomic E-state index is -0.359. The number of hydrogen-bond acceptors (Lipinski definition) is 4. The van der Waals surface area contributed by atoms with Crippen LogP contribution in [-0.2, 0) is 9.47 Å². The first kappa shape index (κ1) is 19.7. The van der Waals surface area contributed by atoms with Crippen molar-refractivity contribution in [3.05, 3.63) is 29.3 Å². The number of rotatable bonds is 7. The van der Waals surface area contributed by atoms with Crippen LogP contribution in [0.3, 0.4) is 0 Å². The van der Waals surface area contributed by atoms with Crippen molar-refractivity contribution in [1.29, 1.82) is 0 Å². The molecule has 0 spiro atoms. The molecule has 1 aliphatic carbocycles. The van der Waals surface area contributed by atoms with Crippen LogP contribution >= 0.6 is 12.2 Å². The van der Waals surface area contributed by atoms with E-state index in [-0.39, 0.29) is 5.97 Å². The van der Waals surface area contributed by atoms with Gasteiger partial charge < -0.3 is 20.1 Å². The molecule has 0 bridgehead atoms. The van der Waals surface area contributed by atoms with Crippen LogP contribution in [0.2, 0.25) is 0 Å². The number of aryl methyl sites for hydroxylation is 1. The molecule has 0 aliphatic heterocycles. The summed E-state index contributed by atoms with van der Waals surface area (Å²) >= 11 is 5.33. The highest BCUT2D eigenvalue weighted by molar-refractivity contribution is 7.80. The second-order valence-electron chi connectivity index (χ2n) is 6.39. The molecule has 1 aromatic carbocycles. The highest BCUT2D eigenvalue weighted by Crippen LogP contribution is 2.20. The zero-order valence-corrected chi connectivity index (χ0v) is 15.9. The van der Waals surface area contributed by atoms with Crippen LogP contribution in [-0.4, -0.2) is 37.4 Å². The van der Waals surface area contributed by atoms with Crippen LogP contribution in [0.5, 0.6) is 0 Å². The van der Waals surface area contributed by atoms with Gasteiger partial charge in [0.05, 0.1) is 18.8 Å². The lowest BCUT2D eigenvalue weighted by Crippen LogP contribution is -2.30. The number of nitrogens with one attached hydrogen (secondary N) is 2. The maximum Gasteiger partial charge on any atom is 0.337 e. The van der Waals surface area contributed by atoms with Gasteiger partial charge in [-0.1, -0.05) is 25.3 Å². The Morgan fingerprint density at radius 3 is 2.76 bits per heavy atom. The van der Waals surface area contributed by atoms with Crippen LogP contribution in [0.4, 0.5) is 5.69 Å². The molecule has 1 fully saturated rings. The summed E-state index contributed by atoms with van der Waals surface area (Å²) in [6.45, 7) is 3.48. The molecule has 0 heterocycles. The predicted octanol–water partition coefficient (Wildman–Crippen LogP) is 3.81. The van der Waals surface area contributed by atoms with E-state index in [4.69, 9.17) is 21.7 Å². The summed E-state index contributed by atoms with van der Waals surface area (Å²) in [6, 6.07) is 5.36. The normalized spacial score (nSPS) is 14.8. The molecule has 0 saturated heterocycles. The molecule has 0 amide bonds. The summed E-state index contributed by atoms with van der Waals surface area (Å²) in [5.74, 6) is -0.359. The van der Waals surface area contributed by atoms with Gasteiger partial charge in [0.25, 0.3) is 0 Å². The lowest BCUT2D eigenvalue weighted by atomic mass is 9.98. The number of thiocarbonyl (C=S) groups is 1. The van der Waals surface area contributed by atoms with Crippen LogP contribution in [0, 0.1) is 6.92 Å². The Labute approximate surface area is 155 Å². The van der Waals surface area contributed by atoms with E-state index in [1.165, 1.54) is 39.2 Å². The van der Waals surface area contributed by atoms with E-state index in [0.717, 1.165) is 30.8 Å². The first-order chi connectivity index (χ1) is 12.1. The topological polar surface area (TPSA) is 59.6 Å². The fourth-order valence-corrected chi connectivity index (χ4v) is 3.14. The van der Waals surface area contributed by atoms with Gasteiger partial charge in [0.15, 0.2) is 5.11 Å². The van der Waals surface area contributed by atoms with Crippen LogP contribution in [0.1, 0.15) is 54.4 Å². The van der Waals surface area contributed by atoms with Gasteiger partial charge >= 0.3 is 5.97 Å². The van der Waals surface area contributed by atoms with E-state index in [1.54, 1.807) is 12.1 Å². The van der Waals surface area contributed by atoms with Crippen molar-refractivity contribution in [1.82, 2.24) is 5.32 Å². The van der Waals surface area contributed by atoms with E-state index in [0.29, 0.717) is 16.8 Å². The highest BCUT2D eigenvalue weighted by Gasteiger charge is 2.13. The molecule has 1 saturated carbocycles. The van der Waals surface area contributed by atoms with Crippen molar-refractivity contribution in [3.63, 3.8) is 0 Å². The van der Waals surface area contributed by atoms with Gasteiger partial charge in [-0.05, 0) is 56.1 Å². The molecule has 5 nitrogen and oxygen atoms in total. The summed E-state index contributed by atoms with van der Waals surface area (Å²) in [7, 11) is 1.37. The standard InChI is InChI=1S/C19H28N2O3S/c1-14-9-10-15(18(22)23-2)13-17(14)21-19(25)20-11-6-12-24-16-7-4-3-5-8-16/h9-10,13,16H,3-8,11-12H2,1-2H3,(H2,20,21,25). The number of carbonyl (C=O) groups excluding carboxylic acids is 1. The lowest BCUT2D eigenvalue weighted by Gasteiger charge is -2.22. The number of benzene rings is 1. The number of methoxy groups -OCH3 is 1. The van der Waals surface area contributed by atoms with Gasteiger partial charge in [-0.2, -0.15) is 0 Å². The largest absolute Gasteiger partial charge is 0.465 e. The van der Waals surface area contributed by atoms with Crippen molar-refractivity contribution in [3.8, 4) is 0 Å². The molecule has 25 heavy (non-hydrogen) atoms. The maximum atomic E-state index is 11.6. The third-order valence-electron chi connectivity index (χ3n) is 4.42. The first-order valence-electron chi connectivity index (χ1n) is 8.95. The van der Waals surface area contributed by atoms with E-state index >= 15 is 0 Å². The molecular formula is C19H28N2O3S. The van der Waals surface area contributed by atoms with E-state index in [2.05, 4.69) is 10.6 Å². The lowest BCUT2D eigenvalue weighted by molar-refractivity contribution is 0.0277. The smallest absolute Gasteiger partial charge is 0.337 e. The van der Waals surface area contributed by atoms with Crippen LogP contribution in [0.25, 0.3) is 0 Å². The molecule has 138 valence electrons. The molecule has 1 aromatic rings. The van der Waals surface area contributed by atoms with Gasteiger partial charge in [0.1, 0.15) is 0 Å². The van der Waals surface area contributed by atoms with E-state index < -0.39 is 0 Å². The minimum absolute atomic E-state index is 0.359. The fraction of sp³-hybridized carbons (Fsp3) is 0.579. The zero-order valence-electron chi connectivity index (χ0n) is 15.1. The summed E-state index contributed by atoms with van der Waals surface area (Å²) in [5.41, 5.74) is 2.32. The number of anilines is 1. The molecule has 0 atom stereocenters. The van der Waals surface area contributed by atoms with Crippen molar-refractivity contribution in [2.45, 2.75) is 51.6 Å². The Morgan fingerprint density at radius 1 is 1.28 bits per heavy atom. The van der Waals surface area contributed by atoms with Crippen molar-refractivity contribution < 1.29 is 14.3 Å². The SMILES string of the molecule is COC(=O)c1ccc(C)c(NC(=S)NCCCOC2CCCCC2)c1. The number of esters is 1. The summed E-state index contributed by atoms with van der Waals surface area (Å²) in [6.07, 6.45) is 7.69. The summed E-state index contributed by atoms with van der Waals surface area (Å²) < 4.78 is 10.7. The van der Waals surface area contributed by atoms with Crippen LogP contribution in [0.15, 0.2) is 18.2 Å². The second-order valence-corrected chi connectivity index (χ2v) is 6.79. The molecule has 0 radical (unpaired) electrons. The third kappa shape index (κ3) is 6.63. The van der Waals surface area contributed by atoms with Gasteiger partial charge in [0, 0.05) is 18.8 Å². The summed E-state index contributed by atoms with van der Waals surface area (Å²) in [5, 5.41) is 6.87. The van der Waals surface area contributed by atoms with Gasteiger partial charge in [-0.25, -0.2) is 4.79 Å². The van der Waals surface area contributed by atoms with E-state index in [1.807, 2.05) is 13.0 Å². The Bertz CT molecular complexity index is 586. The number of carbonyl (C=O) groups is 1. The van der Waals surface area contributed by atoms with Crippen LogP contribution < -0.4 is 10.6 Å². The van der Waals surface area contributed by atoms with E-state index in [9.17, 15) is 4.79 Å². The Hall–Kier alpha value is -1.66. The van der Waals surface area contributed by atoms with Gasteiger partial charge in [-0.15, -0.1) is 0 Å². The highest BCUT2D eigenvalue weighted by atomic mass is 32.1. The molecule has 1 aliphatic rings. The predicted molar refractivity (Wildman–Crippen MR) is 104 cm³/mol. The second kappa shape index (κ2) is 10.4. The Morgan fingerprint density at radius 2 is 2.04 bits per heavy atom. The average Bonchev–Trinajstić information content (AvgIpc) is 2.63. The quantitative estimate of drug-likeness (QED) is 0.436. The Balaban J connectivity index is 1.70. The third-order valence-corrected chi connectivity index (χ3v) is 4.67. The first-order valence-corrected chi connectivity index (χ1v) is 9.36. The fourth-order valence-electron chi connectivity index (χ4n) is 2.92. The molecule has 2 N–H and O–H groups in total. The maximum absolute atomic E-state index is 11.6. The molecule has 0 aromatic heterocycles. The minimum Gasteiger partial charge on any atom is -0.465 e. The Kier molecular flexibility index (Phi) is 8.15. The van der Waals surface area contributed by atoms with Crippen molar-refractivity contribution in [2.24, 2.45) is 0 Å². The van der Waals surface area contributed by atoms with Gasteiger partial charge in [-0.3, -0.25) is 0 Å². The molecule has 6 heteroatoms. The molecule has 2 rings (SSSR count). The number of hydrogen-bond donors (Lipinski definition) is 2. The number of ether oxygens (including phenoxy) is 2. The van der Waals surface area contributed by atoms with Crippen molar-refractivity contribution >= 4 is 29.0 Å². The molecule has 0 unspecified atom stereocenters. The summed E-state index contributed by atoms with van der Waals surface area (Å²) in [4.78, 5) is 11.6. The molecular weight excluding hydrogens is 336 g/mol. The average molecular weight is 365 g/mol. The monoisotopic (exact) mass is 364 g/mol. The van der Waals surface area contributed by atoms with Gasteiger partial charge in [0.2, 0.25) is 0 Å². The zero-order chi connectivity index (χ0) is 18.1.